The summed E-state index contributed by atoms with van der Waals surface area (Å²) < 4.78 is 4.49. The van der Waals surface area contributed by atoms with Crippen LogP contribution in [-0.2, 0) is 19.1 Å². The van der Waals surface area contributed by atoms with Crippen molar-refractivity contribution >= 4 is 40.5 Å². The molecule has 1 unspecified atom stereocenters. The molecule has 0 aromatic heterocycles. The van der Waals surface area contributed by atoms with Gasteiger partial charge in [-0.2, -0.15) is 0 Å². The van der Waals surface area contributed by atoms with E-state index in [1.54, 1.807) is 12.1 Å². The first-order valence-electron chi connectivity index (χ1n) is 6.86. The summed E-state index contributed by atoms with van der Waals surface area (Å²) in [7, 11) is 1.21. The quantitative estimate of drug-likeness (QED) is 0.820. The third-order valence-corrected chi connectivity index (χ3v) is 4.30. The molecule has 8 heteroatoms. The fraction of sp³-hybridized carbons (Fsp3) is 0.333. The smallest absolute Gasteiger partial charge is 0.307 e. The highest BCUT2D eigenvalue weighted by Crippen LogP contribution is 2.29. The predicted octanol–water partition coefficient (Wildman–Crippen LogP) is 1.56. The normalized spacial score (nSPS) is 17.3. The number of carbonyl (C=O) groups excluding carboxylic acids is 4. The number of aryl methyl sites for hydroxylation is 1. The van der Waals surface area contributed by atoms with Crippen LogP contribution in [0.15, 0.2) is 24.3 Å². The average Bonchev–Trinajstić information content (AvgIpc) is 2.77. The van der Waals surface area contributed by atoms with Crippen LogP contribution < -0.4 is 5.32 Å². The van der Waals surface area contributed by atoms with Gasteiger partial charge in [-0.3, -0.25) is 24.1 Å². The summed E-state index contributed by atoms with van der Waals surface area (Å²) in [6, 6.07) is 7.14. The maximum Gasteiger partial charge on any atom is 0.307 e. The Balaban J connectivity index is 1.95. The Labute approximate surface area is 137 Å². The van der Waals surface area contributed by atoms with E-state index in [0.717, 1.165) is 22.2 Å². The first-order valence-corrected chi connectivity index (χ1v) is 7.74. The third kappa shape index (κ3) is 4.32. The van der Waals surface area contributed by atoms with E-state index in [1.165, 1.54) is 7.11 Å². The Morgan fingerprint density at radius 3 is 2.52 bits per heavy atom. The molecule has 0 radical (unpaired) electrons. The van der Waals surface area contributed by atoms with E-state index in [4.69, 9.17) is 0 Å². The zero-order valence-corrected chi connectivity index (χ0v) is 13.5. The molecule has 0 spiro atoms. The highest BCUT2D eigenvalue weighted by atomic mass is 32.2. The maximum absolute atomic E-state index is 12.1. The number of amides is 3. The van der Waals surface area contributed by atoms with Crippen molar-refractivity contribution < 1.29 is 23.9 Å². The second kappa shape index (κ2) is 7.28. The van der Waals surface area contributed by atoms with Gasteiger partial charge in [-0.1, -0.05) is 29.5 Å². The van der Waals surface area contributed by atoms with Gasteiger partial charge < -0.3 is 10.1 Å². The van der Waals surface area contributed by atoms with Crippen LogP contribution in [-0.4, -0.2) is 46.8 Å². The topological polar surface area (TPSA) is 92.8 Å². The van der Waals surface area contributed by atoms with Crippen LogP contribution in [0.4, 0.5) is 10.5 Å². The molecule has 3 amide bonds. The number of thioether (sulfide) groups is 1. The van der Waals surface area contributed by atoms with Gasteiger partial charge in [0.2, 0.25) is 11.8 Å². The van der Waals surface area contributed by atoms with E-state index < -0.39 is 28.3 Å². The minimum Gasteiger partial charge on any atom is -0.469 e. The number of nitrogens with one attached hydrogen (secondary N) is 1. The summed E-state index contributed by atoms with van der Waals surface area (Å²) in [5, 5.41) is 1.25. The Morgan fingerprint density at radius 1 is 1.26 bits per heavy atom. The van der Waals surface area contributed by atoms with E-state index in [-0.39, 0.29) is 13.0 Å². The molecule has 1 saturated heterocycles. The van der Waals surface area contributed by atoms with Gasteiger partial charge in [0.05, 0.1) is 13.5 Å². The van der Waals surface area contributed by atoms with Gasteiger partial charge in [-0.05, 0) is 19.1 Å². The monoisotopic (exact) mass is 336 g/mol. The van der Waals surface area contributed by atoms with Crippen LogP contribution in [0.3, 0.4) is 0 Å². The van der Waals surface area contributed by atoms with Crippen molar-refractivity contribution in [2.75, 3.05) is 19.0 Å². The summed E-state index contributed by atoms with van der Waals surface area (Å²) in [5.74, 6) is -1.60. The number of rotatable bonds is 5. The molecular formula is C15H16N2O5S. The molecule has 1 aliphatic heterocycles. The molecule has 1 aromatic rings. The lowest BCUT2D eigenvalue weighted by atomic mass is 10.2. The van der Waals surface area contributed by atoms with E-state index in [2.05, 4.69) is 10.1 Å². The van der Waals surface area contributed by atoms with Crippen LogP contribution in [0.1, 0.15) is 12.0 Å². The van der Waals surface area contributed by atoms with Gasteiger partial charge in [0, 0.05) is 5.69 Å². The second-order valence-corrected chi connectivity index (χ2v) is 6.15. The number of methoxy groups -OCH3 is 1. The number of esters is 1. The van der Waals surface area contributed by atoms with E-state index in [1.807, 2.05) is 19.1 Å². The number of hydrogen-bond donors (Lipinski definition) is 1. The van der Waals surface area contributed by atoms with Gasteiger partial charge in [0.15, 0.2) is 0 Å². The number of imide groups is 1. The molecule has 1 atom stereocenters. The van der Waals surface area contributed by atoms with Crippen molar-refractivity contribution in [3.63, 3.8) is 0 Å². The molecular weight excluding hydrogens is 320 g/mol. The molecule has 1 aromatic carbocycles. The first-order chi connectivity index (χ1) is 10.9. The molecule has 1 heterocycles. The maximum atomic E-state index is 12.1. The molecule has 2 rings (SSSR count). The van der Waals surface area contributed by atoms with E-state index in [9.17, 15) is 19.2 Å². The zero-order valence-electron chi connectivity index (χ0n) is 12.7. The number of hydrogen-bond acceptors (Lipinski definition) is 6. The Bertz CT molecular complexity index is 644. The number of anilines is 1. The number of ether oxygens (including phenoxy) is 1. The molecule has 0 bridgehead atoms. The van der Waals surface area contributed by atoms with Gasteiger partial charge in [0.25, 0.3) is 5.24 Å². The van der Waals surface area contributed by atoms with Crippen LogP contribution in [0.2, 0.25) is 0 Å². The average molecular weight is 336 g/mol. The summed E-state index contributed by atoms with van der Waals surface area (Å²) in [6.07, 6.45) is -0.193. The van der Waals surface area contributed by atoms with Gasteiger partial charge in [0.1, 0.15) is 11.8 Å². The lowest BCUT2D eigenvalue weighted by Crippen LogP contribution is -2.38. The fourth-order valence-corrected chi connectivity index (χ4v) is 2.96. The Kier molecular flexibility index (Phi) is 5.38. The SMILES string of the molecule is COC(=O)CC1SC(=O)N(CC(=O)Nc2ccc(C)cc2)C1=O. The predicted molar refractivity (Wildman–Crippen MR) is 84.9 cm³/mol. The van der Waals surface area contributed by atoms with E-state index >= 15 is 0 Å². The number of benzene rings is 1. The van der Waals surface area contributed by atoms with Crippen LogP contribution >= 0.6 is 11.8 Å². The lowest BCUT2D eigenvalue weighted by Gasteiger charge is -2.13. The van der Waals surface area contributed by atoms with E-state index in [0.29, 0.717) is 5.69 Å². The van der Waals surface area contributed by atoms with Gasteiger partial charge in [-0.25, -0.2) is 0 Å². The summed E-state index contributed by atoms with van der Waals surface area (Å²) in [5.41, 5.74) is 1.63. The summed E-state index contributed by atoms with van der Waals surface area (Å²) >= 11 is 0.732. The van der Waals surface area contributed by atoms with Crippen LogP contribution in [0, 0.1) is 6.92 Å². The summed E-state index contributed by atoms with van der Waals surface area (Å²) in [4.78, 5) is 48.0. The zero-order chi connectivity index (χ0) is 17.0. The fourth-order valence-electron chi connectivity index (χ4n) is 1.99. The molecule has 122 valence electrons. The lowest BCUT2D eigenvalue weighted by molar-refractivity contribution is -0.142. The molecule has 23 heavy (non-hydrogen) atoms. The van der Waals surface area contributed by atoms with Crippen molar-refractivity contribution in [3.8, 4) is 0 Å². The minimum absolute atomic E-state index is 0.193. The van der Waals surface area contributed by atoms with Crippen molar-refractivity contribution in [1.82, 2.24) is 4.90 Å². The molecule has 1 fully saturated rings. The van der Waals surface area contributed by atoms with Crippen molar-refractivity contribution in [2.24, 2.45) is 0 Å². The molecule has 1 aliphatic rings. The molecule has 1 N–H and O–H groups in total. The van der Waals surface area contributed by atoms with Crippen molar-refractivity contribution in [3.05, 3.63) is 29.8 Å². The largest absolute Gasteiger partial charge is 0.469 e. The van der Waals surface area contributed by atoms with Crippen molar-refractivity contribution in [2.45, 2.75) is 18.6 Å². The van der Waals surface area contributed by atoms with Crippen LogP contribution in [0.25, 0.3) is 0 Å². The standard InChI is InChI=1S/C15H16N2O5S/c1-9-3-5-10(6-4-9)16-12(18)8-17-14(20)11(23-15(17)21)7-13(19)22-2/h3-6,11H,7-8H2,1-2H3,(H,16,18). The number of carbonyl (C=O) groups is 4. The van der Waals surface area contributed by atoms with Crippen LogP contribution in [0.5, 0.6) is 0 Å². The summed E-state index contributed by atoms with van der Waals surface area (Å²) in [6.45, 7) is 1.54. The third-order valence-electron chi connectivity index (χ3n) is 3.22. The first kappa shape index (κ1) is 17.0. The highest BCUT2D eigenvalue weighted by Gasteiger charge is 2.41. The van der Waals surface area contributed by atoms with Crippen molar-refractivity contribution in [1.29, 1.82) is 0 Å². The van der Waals surface area contributed by atoms with Gasteiger partial charge >= 0.3 is 5.97 Å². The highest BCUT2D eigenvalue weighted by molar-refractivity contribution is 8.15. The number of nitrogens with zero attached hydrogens (tertiary/aromatic N) is 1. The minimum atomic E-state index is -0.831. The molecule has 7 nitrogen and oxygen atoms in total. The molecule has 0 aliphatic carbocycles. The molecule has 0 saturated carbocycles. The second-order valence-electron chi connectivity index (χ2n) is 4.99. The van der Waals surface area contributed by atoms with Gasteiger partial charge in [-0.15, -0.1) is 0 Å². The Morgan fingerprint density at radius 2 is 1.91 bits per heavy atom. The Hall–Kier alpha value is -2.35.